The Bertz CT molecular complexity index is 1380. The largest absolute Gasteiger partial charge is 0.477 e. The van der Waals surface area contributed by atoms with Gasteiger partial charge in [0.05, 0.1) is 11.2 Å². The van der Waals surface area contributed by atoms with Crippen LogP contribution in [0.5, 0.6) is 0 Å². The van der Waals surface area contributed by atoms with E-state index in [9.17, 15) is 31.9 Å². The zero-order chi connectivity index (χ0) is 26.2. The highest BCUT2D eigenvalue weighted by atomic mass is 19.2. The summed E-state index contributed by atoms with van der Waals surface area (Å²) in [5.74, 6) is -5.64. The van der Waals surface area contributed by atoms with Gasteiger partial charge in [0.1, 0.15) is 5.56 Å². The molecule has 1 aliphatic heterocycles. The van der Waals surface area contributed by atoms with Crippen LogP contribution in [0.1, 0.15) is 60.9 Å². The highest BCUT2D eigenvalue weighted by molar-refractivity contribution is 6.03. The number of hydrogen-bond acceptors (Lipinski definition) is 4. The maximum Gasteiger partial charge on any atom is 0.341 e. The molecule has 35 heavy (non-hydrogen) atoms. The number of ketones is 1. The van der Waals surface area contributed by atoms with Gasteiger partial charge in [0.15, 0.2) is 29.1 Å². The number of carboxylic acid groups (broad SMARTS) is 1. The normalized spacial score (nSPS) is 13.2. The fourth-order valence-electron chi connectivity index (χ4n) is 3.93. The van der Waals surface area contributed by atoms with Crippen molar-refractivity contribution in [1.82, 2.24) is 4.57 Å². The lowest BCUT2D eigenvalue weighted by Crippen LogP contribution is -2.37. The van der Waals surface area contributed by atoms with Gasteiger partial charge in [-0.15, -0.1) is 0 Å². The Morgan fingerprint density at radius 3 is 2.03 bits per heavy atom. The summed E-state index contributed by atoms with van der Waals surface area (Å²) in [6, 6.07) is 3.71. The second kappa shape index (κ2) is 9.89. The predicted molar refractivity (Wildman–Crippen MR) is 123 cm³/mol. The molecule has 0 fully saturated rings. The minimum absolute atomic E-state index is 0.120. The molecule has 1 N–H and O–H groups in total. The number of carboxylic acids is 1. The van der Waals surface area contributed by atoms with Gasteiger partial charge in [-0.3, -0.25) is 9.59 Å². The first-order valence-electron chi connectivity index (χ1n) is 10.9. The van der Waals surface area contributed by atoms with E-state index in [4.69, 9.17) is 5.11 Å². The van der Waals surface area contributed by atoms with Crippen LogP contribution in [-0.2, 0) is 0 Å². The highest BCUT2D eigenvalue weighted by Crippen LogP contribution is 2.30. The smallest absolute Gasteiger partial charge is 0.341 e. The molecule has 0 radical (unpaired) electrons. The van der Waals surface area contributed by atoms with Crippen LogP contribution in [0.2, 0.25) is 0 Å². The number of fused-ring (bicyclic) bond motifs is 2. The zero-order valence-electron chi connectivity index (χ0n) is 19.5. The van der Waals surface area contributed by atoms with Crippen LogP contribution >= 0.6 is 0 Å². The van der Waals surface area contributed by atoms with E-state index in [0.29, 0.717) is 24.2 Å². The maximum absolute atomic E-state index is 13.3. The maximum atomic E-state index is 13.3. The number of halogens is 4. The van der Waals surface area contributed by atoms with E-state index in [1.807, 2.05) is 18.7 Å². The number of carbonyl (C=O) groups excluding carboxylic acids is 1. The van der Waals surface area contributed by atoms with E-state index in [-0.39, 0.29) is 28.8 Å². The Morgan fingerprint density at radius 2 is 1.46 bits per heavy atom. The molecule has 3 aromatic rings. The average Bonchev–Trinajstić information content (AvgIpc) is 2.77. The summed E-state index contributed by atoms with van der Waals surface area (Å²) in [6.07, 6.45) is 1.51. The van der Waals surface area contributed by atoms with Gasteiger partial charge in [-0.25, -0.2) is 22.4 Å². The van der Waals surface area contributed by atoms with Gasteiger partial charge >= 0.3 is 5.97 Å². The minimum atomic E-state index is -1.40. The van der Waals surface area contributed by atoms with Crippen LogP contribution in [0, 0.1) is 23.3 Å². The van der Waals surface area contributed by atoms with Crippen LogP contribution in [-0.4, -0.2) is 34.0 Å². The van der Waals surface area contributed by atoms with Crippen LogP contribution in [0.3, 0.4) is 0 Å². The molecule has 0 saturated heterocycles. The summed E-state index contributed by atoms with van der Waals surface area (Å²) in [5.41, 5.74) is -0.321. The van der Waals surface area contributed by atoms with E-state index < -0.39 is 40.2 Å². The summed E-state index contributed by atoms with van der Waals surface area (Å²) >= 11 is 0. The Morgan fingerprint density at radius 1 is 0.886 bits per heavy atom. The second-order valence-corrected chi connectivity index (χ2v) is 8.71. The first-order chi connectivity index (χ1) is 16.3. The Hall–Kier alpha value is -3.69. The van der Waals surface area contributed by atoms with Gasteiger partial charge in [0, 0.05) is 54.3 Å². The summed E-state index contributed by atoms with van der Waals surface area (Å²) in [4.78, 5) is 36.5. The third-order valence-corrected chi connectivity index (χ3v) is 5.71. The first-order valence-corrected chi connectivity index (χ1v) is 10.9. The van der Waals surface area contributed by atoms with Crippen molar-refractivity contribution < 1.29 is 32.3 Å². The molecule has 2 aromatic carbocycles. The van der Waals surface area contributed by atoms with Crippen molar-refractivity contribution >= 4 is 28.3 Å². The lowest BCUT2D eigenvalue weighted by Gasteiger charge is -2.33. The molecule has 6 nitrogen and oxygen atoms in total. The second-order valence-electron chi connectivity index (χ2n) is 8.71. The first kappa shape index (κ1) is 25.9. The fraction of sp³-hybridized carbons (Fsp3) is 0.320. The number of aromatic nitrogens is 1. The van der Waals surface area contributed by atoms with Gasteiger partial charge in [0.25, 0.3) is 0 Å². The number of aromatic carboxylic acids is 1. The highest BCUT2D eigenvalue weighted by Gasteiger charge is 2.26. The SMILES string of the molecule is CC(C)N1CCC(=O)c2cc(F)c(F)cc21.CC(C)n1cc(C(=O)O)c(=O)c2cc(F)c(F)cc21. The number of anilines is 1. The summed E-state index contributed by atoms with van der Waals surface area (Å²) in [6.45, 7) is 7.98. The fourth-order valence-corrected chi connectivity index (χ4v) is 3.93. The van der Waals surface area contributed by atoms with E-state index >= 15 is 0 Å². The summed E-state index contributed by atoms with van der Waals surface area (Å²) in [5, 5.41) is 8.83. The van der Waals surface area contributed by atoms with Crippen molar-refractivity contribution in [3.8, 4) is 0 Å². The van der Waals surface area contributed by atoms with Crippen molar-refractivity contribution in [2.75, 3.05) is 11.4 Å². The van der Waals surface area contributed by atoms with Crippen LogP contribution in [0.15, 0.2) is 35.3 Å². The number of carbonyl (C=O) groups is 2. The molecule has 0 unspecified atom stereocenters. The number of Topliss-reactive ketones (excluding diaryl/α,β-unsaturated/α-hetero) is 1. The van der Waals surface area contributed by atoms with Crippen molar-refractivity contribution in [1.29, 1.82) is 0 Å². The Labute approximate surface area is 198 Å². The average molecular weight is 492 g/mol. The molecule has 1 aliphatic rings. The number of nitrogens with zero attached hydrogens (tertiary/aromatic N) is 2. The van der Waals surface area contributed by atoms with Gasteiger partial charge in [-0.05, 0) is 39.8 Å². The Balaban J connectivity index is 0.000000198. The molecule has 0 spiro atoms. The molecule has 1 aromatic heterocycles. The molecule has 10 heteroatoms. The predicted octanol–water partition coefficient (Wildman–Crippen LogP) is 5.32. The quantitative estimate of drug-likeness (QED) is 0.501. The van der Waals surface area contributed by atoms with Crippen molar-refractivity contribution in [3.05, 3.63) is 75.1 Å². The molecule has 0 saturated carbocycles. The molecular formula is C25H24F4N2O4. The molecule has 0 atom stereocenters. The summed E-state index contributed by atoms with van der Waals surface area (Å²) in [7, 11) is 0. The molecular weight excluding hydrogens is 468 g/mol. The molecule has 186 valence electrons. The molecule has 0 aliphatic carbocycles. The van der Waals surface area contributed by atoms with Gasteiger partial charge < -0.3 is 14.6 Å². The van der Waals surface area contributed by atoms with E-state index in [2.05, 4.69) is 0 Å². The lowest BCUT2D eigenvalue weighted by atomic mass is 9.99. The molecule has 0 bridgehead atoms. The number of hydrogen-bond donors (Lipinski definition) is 1. The standard InChI is InChI=1S/C13H11F2NO3.C12H13F2NO/c1-6(2)16-5-8(13(18)19)12(17)7-3-9(14)10(15)4-11(7)16;1-7(2)15-4-3-12(16)8-5-9(13)10(14)6-11(8)15/h3-6H,1-2H3,(H,18,19);5-7H,3-4H2,1-2H3. The monoisotopic (exact) mass is 492 g/mol. The van der Waals surface area contributed by atoms with Crippen molar-refractivity contribution in [2.24, 2.45) is 0 Å². The minimum Gasteiger partial charge on any atom is -0.477 e. The molecule has 2 heterocycles. The third-order valence-electron chi connectivity index (χ3n) is 5.71. The summed E-state index contributed by atoms with van der Waals surface area (Å²) < 4.78 is 54.2. The van der Waals surface area contributed by atoms with E-state index in [0.717, 1.165) is 30.5 Å². The van der Waals surface area contributed by atoms with Gasteiger partial charge in [-0.2, -0.15) is 0 Å². The van der Waals surface area contributed by atoms with Crippen LogP contribution < -0.4 is 10.3 Å². The zero-order valence-corrected chi connectivity index (χ0v) is 19.5. The van der Waals surface area contributed by atoms with E-state index in [1.165, 1.54) is 4.57 Å². The number of pyridine rings is 1. The van der Waals surface area contributed by atoms with E-state index in [1.54, 1.807) is 13.8 Å². The Kier molecular flexibility index (Phi) is 7.33. The number of rotatable bonds is 3. The van der Waals surface area contributed by atoms with Crippen LogP contribution in [0.4, 0.5) is 23.2 Å². The third kappa shape index (κ3) is 5.06. The van der Waals surface area contributed by atoms with Crippen molar-refractivity contribution in [2.45, 2.75) is 46.2 Å². The van der Waals surface area contributed by atoms with Crippen LogP contribution in [0.25, 0.3) is 10.9 Å². The van der Waals surface area contributed by atoms with Gasteiger partial charge in [0.2, 0.25) is 5.43 Å². The topological polar surface area (TPSA) is 79.6 Å². The molecule has 0 amide bonds. The number of benzene rings is 2. The van der Waals surface area contributed by atoms with Crippen molar-refractivity contribution in [3.63, 3.8) is 0 Å². The van der Waals surface area contributed by atoms with Gasteiger partial charge in [-0.1, -0.05) is 0 Å². The lowest BCUT2D eigenvalue weighted by molar-refractivity contribution is 0.0694. The molecule has 4 rings (SSSR count).